The Morgan fingerprint density at radius 1 is 1.02 bits per heavy atom. The molecule has 1 unspecified atom stereocenters. The molecule has 2 fully saturated rings. The fraction of sp³-hybridized carbons (Fsp3) is 0.355. The molecule has 2 atom stereocenters. The average Bonchev–Trinajstić information content (AvgIpc) is 3.49. The molecule has 0 spiro atoms. The minimum Gasteiger partial charge on any atom is -0.452 e. The molecule has 5 rings (SSSR count). The lowest BCUT2D eigenvalue weighted by molar-refractivity contribution is -0.144. The predicted octanol–water partition coefficient (Wildman–Crippen LogP) is 2.60. The lowest BCUT2D eigenvalue weighted by atomic mass is 9.96. The number of carbonyl (C=O) groups is 6. The van der Waals surface area contributed by atoms with Crippen LogP contribution in [0.5, 0.6) is 0 Å². The van der Waals surface area contributed by atoms with Crippen molar-refractivity contribution in [1.82, 2.24) is 20.9 Å². The molecule has 2 heterocycles. The van der Waals surface area contributed by atoms with Crippen molar-refractivity contribution in [3.05, 3.63) is 71.4 Å². The van der Waals surface area contributed by atoms with Crippen LogP contribution in [0, 0.1) is 23.5 Å². The van der Waals surface area contributed by atoms with Gasteiger partial charge in [0.15, 0.2) is 12.4 Å². The number of halogens is 2. The zero-order valence-electron chi connectivity index (χ0n) is 23.9. The Bertz CT molecular complexity index is 1570. The van der Waals surface area contributed by atoms with Crippen LogP contribution in [0.3, 0.4) is 0 Å². The van der Waals surface area contributed by atoms with E-state index in [2.05, 4.69) is 27.9 Å². The minimum atomic E-state index is -1.26. The van der Waals surface area contributed by atoms with Crippen LogP contribution >= 0.6 is 0 Å². The van der Waals surface area contributed by atoms with Gasteiger partial charge in [-0.1, -0.05) is 50.1 Å². The number of carbonyl (C=O) groups excluding carboxylic acids is 6. The predicted molar refractivity (Wildman–Crippen MR) is 153 cm³/mol. The summed E-state index contributed by atoms with van der Waals surface area (Å²) in [7, 11) is 0. The summed E-state index contributed by atoms with van der Waals surface area (Å²) in [6, 6.07) is 9.23. The molecule has 1 saturated heterocycles. The molecule has 0 radical (unpaired) electrons. The molecule has 1 saturated carbocycles. The summed E-state index contributed by atoms with van der Waals surface area (Å²) in [5, 5.41) is 7.47. The number of ketones is 2. The topological polar surface area (TPSA) is 164 Å². The van der Waals surface area contributed by atoms with Crippen molar-refractivity contribution < 1.29 is 42.3 Å². The van der Waals surface area contributed by atoms with Crippen molar-refractivity contribution in [2.24, 2.45) is 11.8 Å². The largest absolute Gasteiger partial charge is 0.452 e. The maximum absolute atomic E-state index is 13.9. The molecule has 4 N–H and O–H groups in total. The highest BCUT2D eigenvalue weighted by Crippen LogP contribution is 2.26. The fourth-order valence-corrected chi connectivity index (χ4v) is 4.39. The second-order valence-electron chi connectivity index (χ2n) is 10.8. The summed E-state index contributed by atoms with van der Waals surface area (Å²) in [6.45, 7) is 1.24. The Morgan fingerprint density at radius 2 is 1.73 bits per heavy atom. The first kappa shape index (κ1) is 32.0. The first-order valence-electron chi connectivity index (χ1n) is 14.1. The molecule has 232 valence electrons. The van der Waals surface area contributed by atoms with Crippen LogP contribution < -0.4 is 16.0 Å². The van der Waals surface area contributed by atoms with Crippen LogP contribution in [0.15, 0.2) is 48.5 Å². The minimum absolute atomic E-state index is 0.0750. The van der Waals surface area contributed by atoms with Crippen LogP contribution in [-0.4, -0.2) is 66.0 Å². The van der Waals surface area contributed by atoms with E-state index in [1.54, 1.807) is 18.2 Å². The van der Waals surface area contributed by atoms with Gasteiger partial charge in [0.1, 0.15) is 17.3 Å². The molecular formula is C31H32F2N4O7. The summed E-state index contributed by atoms with van der Waals surface area (Å²) < 4.78 is 32.2. The van der Waals surface area contributed by atoms with Crippen molar-refractivity contribution in [3.63, 3.8) is 0 Å². The first-order chi connectivity index (χ1) is 21.0. The van der Waals surface area contributed by atoms with Crippen molar-refractivity contribution in [2.45, 2.75) is 38.6 Å². The quantitative estimate of drug-likeness (QED) is 0.147. The maximum Gasteiger partial charge on any atom is 0.380 e. The van der Waals surface area contributed by atoms with Crippen molar-refractivity contribution in [3.8, 4) is 0 Å². The smallest absolute Gasteiger partial charge is 0.380 e. The van der Waals surface area contributed by atoms with Crippen LogP contribution in [-0.2, 0) is 23.9 Å². The first-order valence-corrected chi connectivity index (χ1v) is 14.1. The standard InChI is InChI=1S/C27H24F2N4O7.C4H8/c28-17-8-16-10-20(33-23(16)18(29)11-17)26(38)31-12-22(35)32-19(9-15-6-7-30-25(15)37)21(34)13-40-27(39)24(36)14-4-2-1-3-5-14;1-4-2-3-4/h1-5,8,10-11,15,19,33H,6-7,9,12-13H2,(H,30,37)(H,31,38)(H,32,35);4H,2-3H2,1H3/t15-,19?;/m0./s1. The number of aromatic nitrogens is 1. The molecular weight excluding hydrogens is 578 g/mol. The van der Waals surface area contributed by atoms with E-state index >= 15 is 0 Å². The number of H-pyrrole nitrogens is 1. The van der Waals surface area contributed by atoms with Crippen LogP contribution in [0.2, 0.25) is 0 Å². The van der Waals surface area contributed by atoms with Gasteiger partial charge in [-0.25, -0.2) is 13.6 Å². The van der Waals surface area contributed by atoms with E-state index in [-0.39, 0.29) is 34.5 Å². The molecule has 2 aliphatic rings. The number of amides is 3. The number of rotatable bonds is 11. The average molecular weight is 611 g/mol. The molecule has 3 aromatic rings. The van der Waals surface area contributed by atoms with E-state index in [1.807, 2.05) is 0 Å². The van der Waals surface area contributed by atoms with Crippen molar-refractivity contribution in [1.29, 1.82) is 0 Å². The number of hydrogen-bond acceptors (Lipinski definition) is 7. The van der Waals surface area contributed by atoms with Crippen LogP contribution in [0.1, 0.15) is 53.5 Å². The maximum atomic E-state index is 13.9. The molecule has 1 aliphatic heterocycles. The number of benzene rings is 2. The zero-order chi connectivity index (χ0) is 31.8. The molecule has 1 aliphatic carbocycles. The molecule has 11 nitrogen and oxygen atoms in total. The second kappa shape index (κ2) is 14.5. The summed E-state index contributed by atoms with van der Waals surface area (Å²) >= 11 is 0. The van der Waals surface area contributed by atoms with Crippen molar-refractivity contribution >= 4 is 46.2 Å². The van der Waals surface area contributed by atoms with E-state index in [9.17, 15) is 37.5 Å². The normalized spacial score (nSPS) is 16.2. The fourth-order valence-electron chi connectivity index (χ4n) is 4.39. The Hall–Kier alpha value is -4.94. The van der Waals surface area contributed by atoms with E-state index in [0.29, 0.717) is 19.0 Å². The molecule has 0 bridgehead atoms. The number of ether oxygens (including phenoxy) is 1. The monoisotopic (exact) mass is 610 g/mol. The second-order valence-corrected chi connectivity index (χ2v) is 10.8. The molecule has 3 amide bonds. The summed E-state index contributed by atoms with van der Waals surface area (Å²) in [6.07, 6.45) is 3.29. The van der Waals surface area contributed by atoms with Gasteiger partial charge in [0, 0.05) is 29.5 Å². The number of fused-ring (bicyclic) bond motifs is 1. The summed E-state index contributed by atoms with van der Waals surface area (Å²) in [4.78, 5) is 76.8. The number of aromatic amines is 1. The van der Waals surface area contributed by atoms with Gasteiger partial charge in [0.05, 0.1) is 18.1 Å². The molecule has 2 aromatic carbocycles. The highest BCUT2D eigenvalue weighted by molar-refractivity contribution is 6.40. The number of Topliss-reactive ketones (excluding diaryl/α,β-unsaturated/α-hetero) is 2. The van der Waals surface area contributed by atoms with E-state index < -0.39 is 66.1 Å². The number of esters is 1. The van der Waals surface area contributed by atoms with Gasteiger partial charge in [0.25, 0.3) is 11.7 Å². The third-order valence-corrected chi connectivity index (χ3v) is 7.14. The molecule has 13 heteroatoms. The van der Waals surface area contributed by atoms with Crippen molar-refractivity contribution in [2.75, 3.05) is 19.7 Å². The third-order valence-electron chi connectivity index (χ3n) is 7.14. The Labute approximate surface area is 251 Å². The number of nitrogens with one attached hydrogen (secondary N) is 4. The Kier molecular flexibility index (Phi) is 10.5. The summed E-state index contributed by atoms with van der Waals surface area (Å²) in [5.41, 5.74) is -0.139. The van der Waals surface area contributed by atoms with Gasteiger partial charge in [-0.05, 0) is 30.9 Å². The van der Waals surface area contributed by atoms with Gasteiger partial charge in [-0.2, -0.15) is 0 Å². The number of hydrogen-bond donors (Lipinski definition) is 4. The van der Waals surface area contributed by atoms with E-state index in [4.69, 9.17) is 4.74 Å². The zero-order valence-corrected chi connectivity index (χ0v) is 23.9. The highest BCUT2D eigenvalue weighted by atomic mass is 19.1. The van der Waals surface area contributed by atoms with E-state index in [1.165, 1.54) is 31.0 Å². The van der Waals surface area contributed by atoms with E-state index in [0.717, 1.165) is 12.0 Å². The summed E-state index contributed by atoms with van der Waals surface area (Å²) in [5.74, 6) is -6.10. The third kappa shape index (κ3) is 8.79. The van der Waals surface area contributed by atoms with Gasteiger partial charge < -0.3 is 25.7 Å². The Balaban J connectivity index is 0.00000102. The van der Waals surface area contributed by atoms with Crippen LogP contribution in [0.25, 0.3) is 10.9 Å². The Morgan fingerprint density at radius 3 is 2.36 bits per heavy atom. The highest BCUT2D eigenvalue weighted by Gasteiger charge is 2.32. The SMILES string of the molecule is CC1CC1.O=C(CNC(=O)c1cc2cc(F)cc(F)c2[nH]1)NC(C[C@@H]1CCNC1=O)C(=O)COC(=O)C(=O)c1ccccc1. The van der Waals surface area contributed by atoms with Crippen LogP contribution in [0.4, 0.5) is 8.78 Å². The van der Waals surface area contributed by atoms with Gasteiger partial charge in [-0.3, -0.25) is 24.0 Å². The lowest BCUT2D eigenvalue weighted by Gasteiger charge is -2.20. The van der Waals surface area contributed by atoms with Gasteiger partial charge in [0.2, 0.25) is 11.8 Å². The lowest BCUT2D eigenvalue weighted by Crippen LogP contribution is -2.48. The molecule has 44 heavy (non-hydrogen) atoms. The molecule has 1 aromatic heterocycles. The van der Waals surface area contributed by atoms with Gasteiger partial charge >= 0.3 is 5.97 Å². The van der Waals surface area contributed by atoms with Gasteiger partial charge in [-0.15, -0.1) is 0 Å².